The smallest absolute Gasteiger partial charge is 0.188 e. The summed E-state index contributed by atoms with van der Waals surface area (Å²) in [5, 5.41) is 0.760. The van der Waals surface area contributed by atoms with Crippen LogP contribution in [-0.2, 0) is 9.59 Å². The lowest BCUT2D eigenvalue weighted by Crippen LogP contribution is -1.96. The first-order chi connectivity index (χ1) is 17.2. The first kappa shape index (κ1) is 35.0. The molecule has 4 heteroatoms. The molecule has 2 nitrogen and oxygen atoms in total. The molecule has 0 radical (unpaired) electrons. The predicted molar refractivity (Wildman–Crippen MR) is 162 cm³/mol. The average molecular weight is 529 g/mol. The third-order valence-corrected chi connectivity index (χ3v) is 8.82. The number of thioether (sulfide) groups is 2. The number of carbonyl (C=O) groups is 2. The van der Waals surface area contributed by atoms with Crippen LogP contribution in [0, 0.1) is 0 Å². The van der Waals surface area contributed by atoms with Crippen molar-refractivity contribution in [2.24, 2.45) is 0 Å². The summed E-state index contributed by atoms with van der Waals surface area (Å²) in [6.45, 7) is 4.53. The molecule has 0 aliphatic heterocycles. The van der Waals surface area contributed by atoms with Gasteiger partial charge in [-0.1, -0.05) is 159 Å². The second-order valence-electron chi connectivity index (χ2n) is 10.4. The van der Waals surface area contributed by atoms with Gasteiger partial charge in [0.15, 0.2) is 10.2 Å². The van der Waals surface area contributed by atoms with E-state index in [-0.39, 0.29) is 0 Å². The molecular weight excluding hydrogens is 468 g/mol. The van der Waals surface area contributed by atoms with E-state index in [4.69, 9.17) is 0 Å². The molecule has 0 aliphatic rings. The number of hydrogen-bond donors (Lipinski definition) is 0. The van der Waals surface area contributed by atoms with Gasteiger partial charge in [-0.2, -0.15) is 0 Å². The third-order valence-electron chi connectivity index (χ3n) is 6.78. The van der Waals surface area contributed by atoms with Gasteiger partial charge in [-0.3, -0.25) is 9.59 Å². The molecule has 0 aliphatic carbocycles. The molecular formula is C31H60O2S2. The summed E-state index contributed by atoms with van der Waals surface area (Å²) < 4.78 is 0. The summed E-state index contributed by atoms with van der Waals surface area (Å²) in [6.07, 6.45) is 31.2. The van der Waals surface area contributed by atoms with E-state index in [2.05, 4.69) is 13.8 Å². The highest BCUT2D eigenvalue weighted by Crippen LogP contribution is 2.17. The molecule has 0 unspecified atom stereocenters. The predicted octanol–water partition coefficient (Wildman–Crippen LogP) is 11.3. The highest BCUT2D eigenvalue weighted by Gasteiger charge is 2.05. The minimum absolute atomic E-state index is 0.380. The van der Waals surface area contributed by atoms with Crippen molar-refractivity contribution in [3.63, 3.8) is 0 Å². The quantitative estimate of drug-likeness (QED) is 0.0945. The topological polar surface area (TPSA) is 34.1 Å². The van der Waals surface area contributed by atoms with E-state index in [9.17, 15) is 9.59 Å². The van der Waals surface area contributed by atoms with Crippen molar-refractivity contribution in [3.8, 4) is 0 Å². The van der Waals surface area contributed by atoms with Gasteiger partial charge in [-0.15, -0.1) is 0 Å². The van der Waals surface area contributed by atoms with Crippen molar-refractivity contribution in [2.45, 2.75) is 174 Å². The summed E-state index contributed by atoms with van der Waals surface area (Å²) >= 11 is 3.06. The molecule has 35 heavy (non-hydrogen) atoms. The standard InChI is InChI=1S/C31H60O2S2/c1-3-5-7-9-11-13-15-17-19-22-26-30(32)34-28-24-21-25-29-35-31(33)27-23-20-18-16-14-12-10-8-6-4-2/h3-29H2,1-2H3. The van der Waals surface area contributed by atoms with E-state index < -0.39 is 0 Å². The van der Waals surface area contributed by atoms with Crippen molar-refractivity contribution >= 4 is 33.8 Å². The molecule has 0 aromatic carbocycles. The molecule has 0 amide bonds. The highest BCUT2D eigenvalue weighted by molar-refractivity contribution is 8.13. The first-order valence-electron chi connectivity index (χ1n) is 15.5. The number of unbranched alkanes of at least 4 members (excludes halogenated alkanes) is 20. The molecule has 0 fully saturated rings. The Hall–Kier alpha value is 0.0400. The fourth-order valence-corrected chi connectivity index (χ4v) is 6.14. The molecule has 0 aromatic rings. The number of hydrogen-bond acceptors (Lipinski definition) is 4. The van der Waals surface area contributed by atoms with Gasteiger partial charge in [0.1, 0.15) is 0 Å². The van der Waals surface area contributed by atoms with E-state index in [0.29, 0.717) is 10.2 Å². The fraction of sp³-hybridized carbons (Fsp3) is 0.935. The first-order valence-corrected chi connectivity index (χ1v) is 17.5. The van der Waals surface area contributed by atoms with Crippen LogP contribution in [0.4, 0.5) is 0 Å². The van der Waals surface area contributed by atoms with Crippen LogP contribution in [0.2, 0.25) is 0 Å². The number of rotatable bonds is 28. The monoisotopic (exact) mass is 528 g/mol. The van der Waals surface area contributed by atoms with E-state index in [1.54, 1.807) is 0 Å². The van der Waals surface area contributed by atoms with Gasteiger partial charge in [-0.05, 0) is 25.7 Å². The summed E-state index contributed by atoms with van der Waals surface area (Å²) in [5.74, 6) is 1.90. The largest absolute Gasteiger partial charge is 0.287 e. The minimum atomic E-state index is 0.380. The Bertz CT molecular complexity index is 413. The van der Waals surface area contributed by atoms with Crippen molar-refractivity contribution in [3.05, 3.63) is 0 Å². The average Bonchev–Trinajstić information content (AvgIpc) is 2.85. The molecule has 0 saturated carbocycles. The molecule has 0 atom stereocenters. The molecule has 208 valence electrons. The van der Waals surface area contributed by atoms with E-state index in [0.717, 1.165) is 56.5 Å². The van der Waals surface area contributed by atoms with Crippen molar-refractivity contribution < 1.29 is 9.59 Å². The van der Waals surface area contributed by atoms with Crippen molar-refractivity contribution in [1.29, 1.82) is 0 Å². The fourth-order valence-electron chi connectivity index (χ4n) is 4.41. The van der Waals surface area contributed by atoms with Crippen LogP contribution in [0.5, 0.6) is 0 Å². The maximum absolute atomic E-state index is 12.0. The van der Waals surface area contributed by atoms with Crippen LogP contribution in [0.15, 0.2) is 0 Å². The van der Waals surface area contributed by atoms with Gasteiger partial charge in [0.05, 0.1) is 0 Å². The molecule has 0 rings (SSSR count). The molecule has 0 N–H and O–H groups in total. The summed E-state index contributed by atoms with van der Waals surface area (Å²) in [6, 6.07) is 0. The Balaban J connectivity index is 3.26. The zero-order valence-corrected chi connectivity index (χ0v) is 25.4. The van der Waals surface area contributed by atoms with Gasteiger partial charge in [0.25, 0.3) is 0 Å². The second kappa shape index (κ2) is 30.3. The Kier molecular flexibility index (Phi) is 30.3. The Morgan fingerprint density at radius 3 is 0.943 bits per heavy atom. The third kappa shape index (κ3) is 30.2. The van der Waals surface area contributed by atoms with Crippen LogP contribution < -0.4 is 0 Å². The number of carbonyl (C=O) groups excluding carboxylic acids is 2. The lowest BCUT2D eigenvalue weighted by atomic mass is 10.1. The van der Waals surface area contributed by atoms with Crippen molar-refractivity contribution in [1.82, 2.24) is 0 Å². The van der Waals surface area contributed by atoms with Gasteiger partial charge < -0.3 is 0 Å². The van der Waals surface area contributed by atoms with Crippen LogP contribution in [0.1, 0.15) is 174 Å². The normalized spacial score (nSPS) is 11.3. The molecule has 0 heterocycles. The maximum atomic E-state index is 12.0. The zero-order valence-electron chi connectivity index (χ0n) is 23.7. The van der Waals surface area contributed by atoms with Crippen molar-refractivity contribution in [2.75, 3.05) is 11.5 Å². The van der Waals surface area contributed by atoms with Crippen LogP contribution in [0.3, 0.4) is 0 Å². The van der Waals surface area contributed by atoms with Gasteiger partial charge in [0, 0.05) is 24.3 Å². The summed E-state index contributed by atoms with van der Waals surface area (Å²) in [5.41, 5.74) is 0. The van der Waals surface area contributed by atoms with Gasteiger partial charge in [0.2, 0.25) is 0 Å². The van der Waals surface area contributed by atoms with E-state index in [1.165, 1.54) is 139 Å². The molecule has 0 bridgehead atoms. The Morgan fingerprint density at radius 2 is 0.629 bits per heavy atom. The minimum Gasteiger partial charge on any atom is -0.287 e. The lowest BCUT2D eigenvalue weighted by Gasteiger charge is -2.04. The van der Waals surface area contributed by atoms with E-state index >= 15 is 0 Å². The Labute approximate surface area is 228 Å². The van der Waals surface area contributed by atoms with Crippen LogP contribution >= 0.6 is 23.5 Å². The lowest BCUT2D eigenvalue weighted by molar-refractivity contribution is -0.111. The SMILES string of the molecule is CCCCCCCCCCCCC(=O)SCCCCCSC(=O)CCCCCCCCCCCC. The summed E-state index contributed by atoms with van der Waals surface area (Å²) in [7, 11) is 0. The highest BCUT2D eigenvalue weighted by atomic mass is 32.2. The van der Waals surface area contributed by atoms with Gasteiger partial charge >= 0.3 is 0 Å². The van der Waals surface area contributed by atoms with Crippen LogP contribution in [-0.4, -0.2) is 21.7 Å². The second-order valence-corrected chi connectivity index (χ2v) is 12.7. The van der Waals surface area contributed by atoms with Crippen LogP contribution in [0.25, 0.3) is 0 Å². The van der Waals surface area contributed by atoms with E-state index in [1.807, 2.05) is 0 Å². The molecule has 0 aromatic heterocycles. The van der Waals surface area contributed by atoms with Gasteiger partial charge in [-0.25, -0.2) is 0 Å². The maximum Gasteiger partial charge on any atom is 0.188 e. The Morgan fingerprint density at radius 1 is 0.371 bits per heavy atom. The zero-order chi connectivity index (χ0) is 25.7. The summed E-state index contributed by atoms with van der Waals surface area (Å²) in [4.78, 5) is 24.0. The molecule has 0 saturated heterocycles. The molecule has 0 spiro atoms.